The molecule has 0 aromatic heterocycles. The fraction of sp³-hybridized carbons (Fsp3) is 0.350. The molecular formula is C20H24O. The Labute approximate surface area is 128 Å². The normalized spacial score (nSPS) is 11.1. The van der Waals surface area contributed by atoms with Gasteiger partial charge in [-0.3, -0.25) is 4.79 Å². The predicted molar refractivity (Wildman–Crippen MR) is 89.1 cm³/mol. The second kappa shape index (κ2) is 6.71. The van der Waals surface area contributed by atoms with Gasteiger partial charge in [-0.05, 0) is 28.5 Å². The third kappa shape index (κ3) is 3.81. The highest BCUT2D eigenvalue weighted by Crippen LogP contribution is 2.25. The van der Waals surface area contributed by atoms with Gasteiger partial charge in [0.2, 0.25) is 0 Å². The van der Waals surface area contributed by atoms with Crippen molar-refractivity contribution in [3.63, 3.8) is 0 Å². The lowest BCUT2D eigenvalue weighted by Gasteiger charge is -2.16. The minimum absolute atomic E-state index is 0.193. The second-order valence-electron chi connectivity index (χ2n) is 6.23. The Balaban J connectivity index is 2.33. The molecule has 0 spiro atoms. The fourth-order valence-corrected chi connectivity index (χ4v) is 2.60. The SMILES string of the molecule is CC(C)c1ccc(C(C)C)c(CC(=O)c2ccccc2)c1. The number of ketones is 1. The first-order valence-corrected chi connectivity index (χ1v) is 7.70. The Morgan fingerprint density at radius 2 is 1.57 bits per heavy atom. The Morgan fingerprint density at radius 1 is 0.905 bits per heavy atom. The molecule has 0 radical (unpaired) electrons. The average Bonchev–Trinajstić information content (AvgIpc) is 2.47. The molecule has 0 saturated carbocycles. The van der Waals surface area contributed by atoms with E-state index in [4.69, 9.17) is 0 Å². The van der Waals surface area contributed by atoms with E-state index in [0.29, 0.717) is 18.3 Å². The van der Waals surface area contributed by atoms with E-state index in [9.17, 15) is 4.79 Å². The van der Waals surface area contributed by atoms with Crippen LogP contribution in [0.1, 0.15) is 66.6 Å². The highest BCUT2D eigenvalue weighted by Gasteiger charge is 2.13. The topological polar surface area (TPSA) is 17.1 Å². The zero-order chi connectivity index (χ0) is 15.4. The average molecular weight is 280 g/mol. The summed E-state index contributed by atoms with van der Waals surface area (Å²) in [6, 6.07) is 16.1. The van der Waals surface area contributed by atoms with Crippen molar-refractivity contribution in [1.29, 1.82) is 0 Å². The first kappa shape index (κ1) is 15.5. The summed E-state index contributed by atoms with van der Waals surface area (Å²) >= 11 is 0. The van der Waals surface area contributed by atoms with Crippen LogP contribution >= 0.6 is 0 Å². The van der Waals surface area contributed by atoms with Crippen LogP contribution in [0, 0.1) is 0 Å². The van der Waals surface area contributed by atoms with E-state index in [-0.39, 0.29) is 5.78 Å². The lowest BCUT2D eigenvalue weighted by molar-refractivity contribution is 0.0992. The highest BCUT2D eigenvalue weighted by atomic mass is 16.1. The molecule has 2 aromatic carbocycles. The van der Waals surface area contributed by atoms with E-state index >= 15 is 0 Å². The lowest BCUT2D eigenvalue weighted by Crippen LogP contribution is -2.07. The van der Waals surface area contributed by atoms with Crippen LogP contribution in [0.2, 0.25) is 0 Å². The van der Waals surface area contributed by atoms with Crippen LogP contribution in [0.4, 0.5) is 0 Å². The molecule has 0 aliphatic carbocycles. The standard InChI is InChI=1S/C20H24O/c1-14(2)17-10-11-19(15(3)4)18(12-17)13-20(21)16-8-6-5-7-9-16/h5-12,14-15H,13H2,1-4H3. The molecule has 0 saturated heterocycles. The largest absolute Gasteiger partial charge is 0.294 e. The van der Waals surface area contributed by atoms with Gasteiger partial charge in [0.1, 0.15) is 0 Å². The van der Waals surface area contributed by atoms with Crippen molar-refractivity contribution in [2.24, 2.45) is 0 Å². The number of benzene rings is 2. The molecule has 1 nitrogen and oxygen atoms in total. The van der Waals surface area contributed by atoms with E-state index in [1.165, 1.54) is 16.7 Å². The molecule has 0 atom stereocenters. The first-order valence-electron chi connectivity index (χ1n) is 7.70. The van der Waals surface area contributed by atoms with Gasteiger partial charge in [-0.25, -0.2) is 0 Å². The number of hydrogen-bond acceptors (Lipinski definition) is 1. The summed E-state index contributed by atoms with van der Waals surface area (Å²) in [6.07, 6.45) is 0.484. The Hall–Kier alpha value is -1.89. The van der Waals surface area contributed by atoms with Gasteiger partial charge >= 0.3 is 0 Å². The molecule has 0 bridgehead atoms. The van der Waals surface area contributed by atoms with E-state index < -0.39 is 0 Å². The number of hydrogen-bond donors (Lipinski definition) is 0. The van der Waals surface area contributed by atoms with Crippen molar-refractivity contribution in [2.75, 3.05) is 0 Å². The van der Waals surface area contributed by atoms with Crippen LogP contribution in [0.25, 0.3) is 0 Å². The summed E-state index contributed by atoms with van der Waals surface area (Å²) < 4.78 is 0. The molecule has 2 rings (SSSR count). The summed E-state index contributed by atoms with van der Waals surface area (Å²) in [7, 11) is 0. The molecule has 110 valence electrons. The van der Waals surface area contributed by atoms with Gasteiger partial charge in [0.15, 0.2) is 5.78 Å². The maximum absolute atomic E-state index is 12.5. The summed E-state index contributed by atoms with van der Waals surface area (Å²) in [6.45, 7) is 8.74. The lowest BCUT2D eigenvalue weighted by atomic mass is 9.89. The summed E-state index contributed by atoms with van der Waals surface area (Å²) in [5.74, 6) is 1.11. The van der Waals surface area contributed by atoms with Gasteiger partial charge < -0.3 is 0 Å². The molecule has 0 heterocycles. The Morgan fingerprint density at radius 3 is 2.14 bits per heavy atom. The van der Waals surface area contributed by atoms with Crippen molar-refractivity contribution < 1.29 is 4.79 Å². The number of carbonyl (C=O) groups is 1. The van der Waals surface area contributed by atoms with E-state index in [0.717, 1.165) is 5.56 Å². The summed E-state index contributed by atoms with van der Waals surface area (Å²) in [5.41, 5.74) is 4.55. The van der Waals surface area contributed by atoms with E-state index in [1.807, 2.05) is 30.3 Å². The molecule has 0 fully saturated rings. The van der Waals surface area contributed by atoms with Crippen molar-refractivity contribution >= 4 is 5.78 Å². The Kier molecular flexibility index (Phi) is 4.95. The van der Waals surface area contributed by atoms with Crippen molar-refractivity contribution in [3.05, 3.63) is 70.8 Å². The van der Waals surface area contributed by atoms with E-state index in [2.05, 4.69) is 45.9 Å². The molecule has 0 amide bonds. The van der Waals surface area contributed by atoms with Gasteiger partial charge in [-0.15, -0.1) is 0 Å². The summed E-state index contributed by atoms with van der Waals surface area (Å²) in [5, 5.41) is 0. The van der Waals surface area contributed by atoms with Gasteiger partial charge in [-0.2, -0.15) is 0 Å². The fourth-order valence-electron chi connectivity index (χ4n) is 2.60. The molecule has 21 heavy (non-hydrogen) atoms. The highest BCUT2D eigenvalue weighted by molar-refractivity contribution is 5.97. The van der Waals surface area contributed by atoms with Crippen molar-refractivity contribution in [2.45, 2.75) is 46.0 Å². The third-order valence-electron chi connectivity index (χ3n) is 3.90. The molecule has 0 unspecified atom stereocenters. The Bertz CT molecular complexity index is 609. The van der Waals surface area contributed by atoms with Crippen LogP contribution in [-0.2, 0) is 6.42 Å². The molecule has 0 aliphatic heterocycles. The maximum atomic E-state index is 12.5. The van der Waals surface area contributed by atoms with Crippen LogP contribution in [0.15, 0.2) is 48.5 Å². The second-order valence-corrected chi connectivity index (χ2v) is 6.23. The molecule has 0 N–H and O–H groups in total. The van der Waals surface area contributed by atoms with Gasteiger partial charge in [-0.1, -0.05) is 76.2 Å². The summed E-state index contributed by atoms with van der Waals surface area (Å²) in [4.78, 5) is 12.5. The molecule has 1 heteroatoms. The minimum Gasteiger partial charge on any atom is -0.294 e. The molecular weight excluding hydrogens is 256 g/mol. The third-order valence-corrected chi connectivity index (χ3v) is 3.90. The number of carbonyl (C=O) groups excluding carboxylic acids is 1. The number of Topliss-reactive ketones (excluding diaryl/α,β-unsaturated/α-hetero) is 1. The monoisotopic (exact) mass is 280 g/mol. The minimum atomic E-state index is 0.193. The van der Waals surface area contributed by atoms with Crippen LogP contribution in [-0.4, -0.2) is 5.78 Å². The van der Waals surface area contributed by atoms with Crippen LogP contribution in [0.3, 0.4) is 0 Å². The molecule has 2 aromatic rings. The van der Waals surface area contributed by atoms with Crippen molar-refractivity contribution in [1.82, 2.24) is 0 Å². The zero-order valence-corrected chi connectivity index (χ0v) is 13.4. The van der Waals surface area contributed by atoms with E-state index in [1.54, 1.807) is 0 Å². The van der Waals surface area contributed by atoms with Gasteiger partial charge in [0.05, 0.1) is 0 Å². The molecule has 0 aliphatic rings. The quantitative estimate of drug-likeness (QED) is 0.674. The van der Waals surface area contributed by atoms with Gasteiger partial charge in [0, 0.05) is 12.0 Å². The predicted octanol–water partition coefficient (Wildman–Crippen LogP) is 5.36. The van der Waals surface area contributed by atoms with Crippen molar-refractivity contribution in [3.8, 4) is 0 Å². The smallest absolute Gasteiger partial charge is 0.167 e. The zero-order valence-electron chi connectivity index (χ0n) is 13.4. The first-order chi connectivity index (χ1) is 9.99. The van der Waals surface area contributed by atoms with Crippen LogP contribution in [0.5, 0.6) is 0 Å². The van der Waals surface area contributed by atoms with Gasteiger partial charge in [0.25, 0.3) is 0 Å². The number of rotatable bonds is 5. The maximum Gasteiger partial charge on any atom is 0.167 e. The van der Waals surface area contributed by atoms with Crippen LogP contribution < -0.4 is 0 Å².